The van der Waals surface area contributed by atoms with Crippen molar-refractivity contribution >= 4 is 10.9 Å². The molecule has 7 nitrogen and oxygen atoms in total. The topological polar surface area (TPSA) is 71.2 Å². The molecule has 182 valence electrons. The van der Waals surface area contributed by atoms with Crippen molar-refractivity contribution in [3.05, 3.63) is 94.5 Å². The maximum atomic E-state index is 11.8. The standard InChI is InChI=1S/C29H28N4O3/c1-5-35-24-11-12-26-23(15-24)14-19(2)28(30-26)21-8-6-20(7-9-21)18-36-29-25(17-33(4)31-29)22-10-13-27(34)32(3)16-22/h6-17H,5,18H2,1-4H3. The fourth-order valence-corrected chi connectivity index (χ4v) is 4.25. The van der Waals surface area contributed by atoms with E-state index >= 15 is 0 Å². The Kier molecular flexibility index (Phi) is 6.29. The molecule has 0 fully saturated rings. The lowest BCUT2D eigenvalue weighted by Gasteiger charge is -2.11. The maximum absolute atomic E-state index is 11.8. The molecule has 5 rings (SSSR count). The van der Waals surface area contributed by atoms with E-state index in [0.717, 1.165) is 50.2 Å². The zero-order chi connectivity index (χ0) is 25.2. The number of benzene rings is 2. The van der Waals surface area contributed by atoms with Crippen LogP contribution < -0.4 is 15.0 Å². The van der Waals surface area contributed by atoms with Gasteiger partial charge >= 0.3 is 0 Å². The fraction of sp³-hybridized carbons (Fsp3) is 0.207. The third kappa shape index (κ3) is 4.73. The maximum Gasteiger partial charge on any atom is 0.250 e. The van der Waals surface area contributed by atoms with E-state index in [2.05, 4.69) is 30.2 Å². The van der Waals surface area contributed by atoms with Crippen molar-refractivity contribution < 1.29 is 9.47 Å². The van der Waals surface area contributed by atoms with Crippen LogP contribution in [0.5, 0.6) is 11.6 Å². The highest BCUT2D eigenvalue weighted by Gasteiger charge is 2.13. The van der Waals surface area contributed by atoms with Gasteiger partial charge in [-0.1, -0.05) is 24.3 Å². The second-order valence-electron chi connectivity index (χ2n) is 8.82. The first-order valence-corrected chi connectivity index (χ1v) is 11.9. The first kappa shape index (κ1) is 23.4. The van der Waals surface area contributed by atoms with Gasteiger partial charge in [-0.15, -0.1) is 5.10 Å². The Bertz CT molecular complexity index is 1600. The molecule has 36 heavy (non-hydrogen) atoms. The zero-order valence-corrected chi connectivity index (χ0v) is 20.9. The van der Waals surface area contributed by atoms with Crippen molar-refractivity contribution in [1.82, 2.24) is 19.3 Å². The second kappa shape index (κ2) is 9.70. The lowest BCUT2D eigenvalue weighted by Crippen LogP contribution is -2.13. The van der Waals surface area contributed by atoms with Gasteiger partial charge in [-0.2, -0.15) is 0 Å². The van der Waals surface area contributed by atoms with Crippen LogP contribution in [0.3, 0.4) is 0 Å². The van der Waals surface area contributed by atoms with E-state index in [9.17, 15) is 4.79 Å². The summed E-state index contributed by atoms with van der Waals surface area (Å²) >= 11 is 0. The summed E-state index contributed by atoms with van der Waals surface area (Å²) in [5, 5.41) is 5.53. The summed E-state index contributed by atoms with van der Waals surface area (Å²) in [5.41, 5.74) is 6.74. The molecule has 0 aliphatic heterocycles. The number of hydrogen-bond acceptors (Lipinski definition) is 5. The largest absolute Gasteiger partial charge is 0.494 e. The first-order chi connectivity index (χ1) is 17.4. The van der Waals surface area contributed by atoms with Gasteiger partial charge in [0.25, 0.3) is 0 Å². The normalized spacial score (nSPS) is 11.1. The van der Waals surface area contributed by atoms with Crippen molar-refractivity contribution in [3.8, 4) is 34.0 Å². The van der Waals surface area contributed by atoms with Crippen molar-refractivity contribution in [2.24, 2.45) is 14.1 Å². The highest BCUT2D eigenvalue weighted by atomic mass is 16.5. The van der Waals surface area contributed by atoms with E-state index in [4.69, 9.17) is 14.5 Å². The van der Waals surface area contributed by atoms with Gasteiger partial charge in [0.15, 0.2) is 0 Å². The smallest absolute Gasteiger partial charge is 0.250 e. The number of rotatable bonds is 7. The summed E-state index contributed by atoms with van der Waals surface area (Å²) in [6.45, 7) is 5.07. The molecule has 5 aromatic rings. The van der Waals surface area contributed by atoms with Crippen LogP contribution in [-0.2, 0) is 20.7 Å². The number of aromatic nitrogens is 4. The first-order valence-electron chi connectivity index (χ1n) is 11.9. The fourth-order valence-electron chi connectivity index (χ4n) is 4.25. The van der Waals surface area contributed by atoms with Gasteiger partial charge in [0, 0.05) is 49.1 Å². The molecular formula is C29H28N4O3. The van der Waals surface area contributed by atoms with Crippen molar-refractivity contribution in [1.29, 1.82) is 0 Å². The molecule has 0 aliphatic carbocycles. The highest BCUT2D eigenvalue weighted by molar-refractivity contribution is 5.84. The van der Waals surface area contributed by atoms with E-state index in [1.54, 1.807) is 34.6 Å². The van der Waals surface area contributed by atoms with Crippen LogP contribution in [-0.4, -0.2) is 25.9 Å². The van der Waals surface area contributed by atoms with E-state index in [1.807, 2.05) is 50.5 Å². The minimum absolute atomic E-state index is 0.0587. The summed E-state index contributed by atoms with van der Waals surface area (Å²) in [6.07, 6.45) is 3.68. The molecule has 3 heterocycles. The van der Waals surface area contributed by atoms with Crippen LogP contribution in [0, 0.1) is 6.92 Å². The van der Waals surface area contributed by atoms with Gasteiger partial charge in [0.2, 0.25) is 11.4 Å². The lowest BCUT2D eigenvalue weighted by molar-refractivity contribution is 0.292. The van der Waals surface area contributed by atoms with E-state index in [1.165, 1.54) is 0 Å². The van der Waals surface area contributed by atoms with Crippen LogP contribution >= 0.6 is 0 Å². The van der Waals surface area contributed by atoms with E-state index in [-0.39, 0.29) is 5.56 Å². The molecule has 3 aromatic heterocycles. The van der Waals surface area contributed by atoms with Crippen LogP contribution in [0.4, 0.5) is 0 Å². The van der Waals surface area contributed by atoms with Gasteiger partial charge < -0.3 is 14.0 Å². The molecule has 0 spiro atoms. The molecule has 0 radical (unpaired) electrons. The zero-order valence-electron chi connectivity index (χ0n) is 20.9. The molecule has 0 atom stereocenters. The third-order valence-corrected chi connectivity index (χ3v) is 6.08. The monoisotopic (exact) mass is 480 g/mol. The van der Waals surface area contributed by atoms with Gasteiger partial charge in [-0.25, -0.2) is 4.98 Å². The minimum Gasteiger partial charge on any atom is -0.494 e. The molecular weight excluding hydrogens is 452 g/mol. The lowest BCUT2D eigenvalue weighted by atomic mass is 10.0. The average molecular weight is 481 g/mol. The molecule has 0 saturated heterocycles. The number of hydrogen-bond donors (Lipinski definition) is 0. The van der Waals surface area contributed by atoms with Crippen molar-refractivity contribution in [3.63, 3.8) is 0 Å². The number of aryl methyl sites for hydroxylation is 3. The Balaban J connectivity index is 1.35. The third-order valence-electron chi connectivity index (χ3n) is 6.08. The Morgan fingerprint density at radius 2 is 1.67 bits per heavy atom. The molecule has 7 heteroatoms. The molecule has 2 aromatic carbocycles. The minimum atomic E-state index is -0.0587. The molecule has 0 bridgehead atoms. The predicted octanol–water partition coefficient (Wildman–Crippen LogP) is 5.29. The van der Waals surface area contributed by atoms with Crippen molar-refractivity contribution in [2.45, 2.75) is 20.5 Å². The molecule has 0 saturated carbocycles. The molecule has 0 amide bonds. The SMILES string of the molecule is CCOc1ccc2nc(-c3ccc(COc4nn(C)cc4-c4ccc(=O)n(C)c4)cc3)c(C)cc2c1. The van der Waals surface area contributed by atoms with Crippen LogP contribution in [0.2, 0.25) is 0 Å². The summed E-state index contributed by atoms with van der Waals surface area (Å²) in [6, 6.07) is 19.7. The predicted molar refractivity (Wildman–Crippen MR) is 141 cm³/mol. The van der Waals surface area contributed by atoms with Gasteiger partial charge in [0.1, 0.15) is 12.4 Å². The van der Waals surface area contributed by atoms with Crippen LogP contribution in [0.25, 0.3) is 33.3 Å². The average Bonchev–Trinajstić information content (AvgIpc) is 3.25. The number of fused-ring (bicyclic) bond motifs is 1. The Labute approximate surface area is 209 Å². The second-order valence-corrected chi connectivity index (χ2v) is 8.82. The van der Waals surface area contributed by atoms with E-state index in [0.29, 0.717) is 19.1 Å². The quantitative estimate of drug-likeness (QED) is 0.317. The van der Waals surface area contributed by atoms with Crippen LogP contribution in [0.1, 0.15) is 18.1 Å². The van der Waals surface area contributed by atoms with Gasteiger partial charge in [-0.3, -0.25) is 9.48 Å². The number of nitrogens with zero attached hydrogens (tertiary/aromatic N) is 4. The van der Waals surface area contributed by atoms with Crippen molar-refractivity contribution in [2.75, 3.05) is 6.61 Å². The Morgan fingerprint density at radius 1 is 0.889 bits per heavy atom. The summed E-state index contributed by atoms with van der Waals surface area (Å²) in [4.78, 5) is 16.7. The summed E-state index contributed by atoms with van der Waals surface area (Å²) in [7, 11) is 3.58. The van der Waals surface area contributed by atoms with Gasteiger partial charge in [-0.05, 0) is 55.3 Å². The Morgan fingerprint density at radius 3 is 2.42 bits per heavy atom. The summed E-state index contributed by atoms with van der Waals surface area (Å²) in [5.74, 6) is 1.38. The summed E-state index contributed by atoms with van der Waals surface area (Å²) < 4.78 is 15.0. The number of ether oxygens (including phenoxy) is 2. The van der Waals surface area contributed by atoms with E-state index < -0.39 is 0 Å². The Hall–Kier alpha value is -4.39. The molecule has 0 aliphatic rings. The number of pyridine rings is 2. The van der Waals surface area contributed by atoms with Gasteiger partial charge in [0.05, 0.1) is 23.4 Å². The van der Waals surface area contributed by atoms with Crippen LogP contribution in [0.15, 0.2) is 77.9 Å². The molecule has 0 unspecified atom stereocenters. The molecule has 0 N–H and O–H groups in total. The highest BCUT2D eigenvalue weighted by Crippen LogP contribution is 2.30.